The van der Waals surface area contributed by atoms with Crippen LogP contribution < -0.4 is 15.8 Å². The molecule has 39 heavy (non-hydrogen) atoms. The van der Waals surface area contributed by atoms with Crippen molar-refractivity contribution in [2.24, 2.45) is 0 Å². The molecule has 8 nitrogen and oxygen atoms in total. The third-order valence-electron chi connectivity index (χ3n) is 6.94. The Morgan fingerprint density at radius 2 is 1.72 bits per heavy atom. The summed E-state index contributed by atoms with van der Waals surface area (Å²) < 4.78 is 55.6. The molecule has 2 heterocycles. The summed E-state index contributed by atoms with van der Waals surface area (Å²) in [6.45, 7) is 5.10. The van der Waals surface area contributed by atoms with Gasteiger partial charge in [0.2, 0.25) is 5.56 Å². The average Bonchev–Trinajstić information content (AvgIpc) is 2.86. The second-order valence-corrected chi connectivity index (χ2v) is 9.58. The third-order valence-corrected chi connectivity index (χ3v) is 6.94. The van der Waals surface area contributed by atoms with Gasteiger partial charge in [-0.15, -0.1) is 0 Å². The summed E-state index contributed by atoms with van der Waals surface area (Å²) in [5.74, 6) is -3.11. The molecule has 1 aliphatic heterocycles. The molecule has 0 spiro atoms. The van der Waals surface area contributed by atoms with Crippen LogP contribution in [0.2, 0.25) is 0 Å². The number of hydrogen-bond donors (Lipinski definition) is 3. The molecule has 0 radical (unpaired) electrons. The molecule has 1 saturated heterocycles. The number of aromatic nitrogens is 1. The molecule has 1 amide bonds. The summed E-state index contributed by atoms with van der Waals surface area (Å²) in [7, 11) is 1.98. The number of aromatic amines is 1. The van der Waals surface area contributed by atoms with E-state index in [-0.39, 0.29) is 34.5 Å². The highest BCUT2D eigenvalue weighted by atomic mass is 19.4. The molecular weight excluding hydrogens is 520 g/mol. The normalized spacial score (nSPS) is 18.2. The van der Waals surface area contributed by atoms with Crippen LogP contribution in [0.1, 0.15) is 40.1 Å². The van der Waals surface area contributed by atoms with Gasteiger partial charge in [0, 0.05) is 43.0 Å². The number of likely N-dealkylation sites (N-methyl/N-ethyl adjacent to an activating group) is 1. The van der Waals surface area contributed by atoms with Gasteiger partial charge in [0.15, 0.2) is 0 Å². The molecule has 1 fully saturated rings. The summed E-state index contributed by atoms with van der Waals surface area (Å²) in [4.78, 5) is 42.4. The predicted molar refractivity (Wildman–Crippen MR) is 138 cm³/mol. The molecule has 2 unspecified atom stereocenters. The number of aromatic carboxylic acids is 1. The second kappa shape index (κ2) is 10.5. The molecule has 3 N–H and O–H groups in total. The lowest BCUT2D eigenvalue weighted by Gasteiger charge is -2.44. The number of rotatable bonds is 5. The molecule has 2 atom stereocenters. The number of piperazine rings is 1. The fraction of sp³-hybridized carbons (Fsp3) is 0.296. The van der Waals surface area contributed by atoms with Crippen LogP contribution in [0.4, 0.5) is 28.9 Å². The van der Waals surface area contributed by atoms with Gasteiger partial charge in [-0.3, -0.25) is 14.5 Å². The topological polar surface area (TPSA) is 106 Å². The lowest BCUT2D eigenvalue weighted by molar-refractivity contribution is -0.138. The molecule has 0 aliphatic carbocycles. The smallest absolute Gasteiger partial charge is 0.417 e. The van der Waals surface area contributed by atoms with Crippen molar-refractivity contribution in [3.05, 3.63) is 81.5 Å². The number of nitrogens with zero attached hydrogens (tertiary/aromatic N) is 2. The molecule has 4 rings (SSSR count). The van der Waals surface area contributed by atoms with E-state index in [2.05, 4.69) is 15.2 Å². The molecule has 2 aromatic carbocycles. The number of carbonyl (C=O) groups is 2. The van der Waals surface area contributed by atoms with Crippen molar-refractivity contribution in [3.8, 4) is 11.1 Å². The number of benzene rings is 2. The molecular formula is C27H26F4N4O4. The van der Waals surface area contributed by atoms with Crippen molar-refractivity contribution in [2.45, 2.75) is 32.1 Å². The maximum atomic E-state index is 14.7. The van der Waals surface area contributed by atoms with E-state index in [9.17, 15) is 37.1 Å². The van der Waals surface area contributed by atoms with Crippen LogP contribution in [0.5, 0.6) is 0 Å². The molecule has 0 saturated carbocycles. The Hall–Kier alpha value is -4.19. The van der Waals surface area contributed by atoms with E-state index in [4.69, 9.17) is 0 Å². The maximum Gasteiger partial charge on any atom is 0.417 e. The highest BCUT2D eigenvalue weighted by Crippen LogP contribution is 2.36. The van der Waals surface area contributed by atoms with E-state index >= 15 is 0 Å². The van der Waals surface area contributed by atoms with Gasteiger partial charge >= 0.3 is 12.1 Å². The number of H-pyrrole nitrogens is 1. The monoisotopic (exact) mass is 546 g/mol. The van der Waals surface area contributed by atoms with Crippen molar-refractivity contribution >= 4 is 23.3 Å². The fourth-order valence-electron chi connectivity index (χ4n) is 4.64. The largest absolute Gasteiger partial charge is 0.478 e. The summed E-state index contributed by atoms with van der Waals surface area (Å²) >= 11 is 0. The Labute approximate surface area is 220 Å². The van der Waals surface area contributed by atoms with Crippen LogP contribution in [-0.4, -0.2) is 59.1 Å². The highest BCUT2D eigenvalue weighted by molar-refractivity contribution is 6.07. The number of amides is 1. The van der Waals surface area contributed by atoms with E-state index in [1.54, 1.807) is 12.1 Å². The van der Waals surface area contributed by atoms with Gasteiger partial charge < -0.3 is 20.3 Å². The van der Waals surface area contributed by atoms with Crippen LogP contribution in [0, 0.1) is 5.82 Å². The first-order chi connectivity index (χ1) is 18.3. The number of carboxylic acid groups (broad SMARTS) is 1. The fourth-order valence-corrected chi connectivity index (χ4v) is 4.64. The Morgan fingerprint density at radius 1 is 1.05 bits per heavy atom. The van der Waals surface area contributed by atoms with Crippen molar-refractivity contribution in [1.82, 2.24) is 9.88 Å². The number of halogens is 4. The van der Waals surface area contributed by atoms with Gasteiger partial charge in [-0.1, -0.05) is 6.07 Å². The molecule has 1 aromatic heterocycles. The van der Waals surface area contributed by atoms with E-state index < -0.39 is 40.6 Å². The Morgan fingerprint density at radius 3 is 2.33 bits per heavy atom. The van der Waals surface area contributed by atoms with Gasteiger partial charge in [-0.2, -0.15) is 13.2 Å². The summed E-state index contributed by atoms with van der Waals surface area (Å²) in [6.07, 6.45) is -4.27. The first-order valence-corrected chi connectivity index (χ1v) is 12.0. The zero-order valence-electron chi connectivity index (χ0n) is 21.3. The lowest BCUT2D eigenvalue weighted by atomic mass is 9.99. The lowest BCUT2D eigenvalue weighted by Crippen LogP contribution is -2.55. The molecule has 3 aromatic rings. The van der Waals surface area contributed by atoms with Gasteiger partial charge in [-0.05, 0) is 56.8 Å². The van der Waals surface area contributed by atoms with E-state index in [0.29, 0.717) is 31.0 Å². The second-order valence-electron chi connectivity index (χ2n) is 9.58. The zero-order valence-corrected chi connectivity index (χ0v) is 21.3. The van der Waals surface area contributed by atoms with Crippen LogP contribution in [-0.2, 0) is 6.18 Å². The van der Waals surface area contributed by atoms with Crippen LogP contribution in [0.25, 0.3) is 11.1 Å². The van der Waals surface area contributed by atoms with Gasteiger partial charge in [0.1, 0.15) is 5.82 Å². The molecule has 12 heteroatoms. The minimum absolute atomic E-state index is 0.0583. The summed E-state index contributed by atoms with van der Waals surface area (Å²) in [5, 5.41) is 11.8. The van der Waals surface area contributed by atoms with E-state index in [1.165, 1.54) is 6.07 Å². The SMILES string of the molecule is CC1CN(c2ccc(-c3cc(C(=O)O)ccc3F)cc2NC(=O)c2c[nH]c(=O)cc2C(F)(F)F)CC(C)N1C. The first kappa shape index (κ1) is 27.8. The van der Waals surface area contributed by atoms with Crippen LogP contribution >= 0.6 is 0 Å². The molecule has 1 aliphatic rings. The van der Waals surface area contributed by atoms with Crippen LogP contribution in [0.15, 0.2) is 53.5 Å². The van der Waals surface area contributed by atoms with Crippen molar-refractivity contribution in [2.75, 3.05) is 30.4 Å². The highest BCUT2D eigenvalue weighted by Gasteiger charge is 2.36. The number of hydrogen-bond acceptors (Lipinski definition) is 5. The minimum Gasteiger partial charge on any atom is -0.478 e. The van der Waals surface area contributed by atoms with Gasteiger partial charge in [0.05, 0.1) is 28.1 Å². The number of pyridine rings is 1. The number of alkyl halides is 3. The summed E-state index contributed by atoms with van der Waals surface area (Å²) in [5.41, 5.74) is -2.63. The third kappa shape index (κ3) is 5.80. The number of carbonyl (C=O) groups excluding carboxylic acids is 1. The van der Waals surface area contributed by atoms with Crippen LogP contribution in [0.3, 0.4) is 0 Å². The zero-order chi connectivity index (χ0) is 28.6. The van der Waals surface area contributed by atoms with Gasteiger partial charge in [-0.25, -0.2) is 9.18 Å². The quantitative estimate of drug-likeness (QED) is 0.402. The van der Waals surface area contributed by atoms with Crippen molar-refractivity contribution in [3.63, 3.8) is 0 Å². The van der Waals surface area contributed by atoms with Gasteiger partial charge in [0.25, 0.3) is 5.91 Å². The maximum absolute atomic E-state index is 14.7. The minimum atomic E-state index is -4.96. The predicted octanol–water partition coefficient (Wildman–Crippen LogP) is 4.68. The molecule has 206 valence electrons. The van der Waals surface area contributed by atoms with E-state index in [0.717, 1.165) is 18.2 Å². The molecule has 0 bridgehead atoms. The number of nitrogens with one attached hydrogen (secondary N) is 2. The Kier molecular flexibility index (Phi) is 7.51. The standard InChI is InChI=1S/C27H26F4N4O4/c1-14-12-35(13-15(2)34(14)3)23-7-5-16(18-8-17(26(38)39)4-6-21(18)28)9-22(23)33-25(37)19-11-32-24(36)10-20(19)27(29,30)31/h4-11,14-15H,12-13H2,1-3H3,(H,32,36)(H,33,37)(H,38,39). The first-order valence-electron chi connectivity index (χ1n) is 12.0. The number of anilines is 2. The van der Waals surface area contributed by atoms with Crippen molar-refractivity contribution in [1.29, 1.82) is 0 Å². The number of carboxylic acids is 1. The Bertz CT molecular complexity index is 1480. The van der Waals surface area contributed by atoms with E-state index in [1.807, 2.05) is 25.8 Å². The summed E-state index contributed by atoms with van der Waals surface area (Å²) in [6, 6.07) is 8.35. The average molecular weight is 547 g/mol. The van der Waals surface area contributed by atoms with Crippen molar-refractivity contribution < 1.29 is 32.3 Å². The Balaban J connectivity index is 1.82.